The second-order valence-corrected chi connectivity index (χ2v) is 15.7. The van der Waals surface area contributed by atoms with Crippen molar-refractivity contribution >= 4 is 38.1 Å². The van der Waals surface area contributed by atoms with E-state index in [1.165, 1.54) is 18.2 Å². The molecule has 61 heavy (non-hydrogen) atoms. The molecule has 4 heterocycles. The van der Waals surface area contributed by atoms with Gasteiger partial charge in [0.05, 0.1) is 11.1 Å². The Kier molecular flexibility index (Phi) is 10.5. The van der Waals surface area contributed by atoms with E-state index < -0.39 is 17.2 Å². The first kappa shape index (κ1) is 41.8. The molecular formula is C48H38O12S. The Morgan fingerprint density at radius 3 is 1.41 bits per heavy atom. The van der Waals surface area contributed by atoms with Gasteiger partial charge < -0.3 is 33.9 Å². The fraction of sp³-hybridized carbons (Fsp3) is 0.167. The van der Waals surface area contributed by atoms with E-state index in [1.807, 2.05) is 62.4 Å². The molecule has 0 radical (unpaired) electrons. The van der Waals surface area contributed by atoms with Crippen LogP contribution in [0.2, 0.25) is 0 Å². The van der Waals surface area contributed by atoms with Crippen molar-refractivity contribution in [3.63, 3.8) is 0 Å². The van der Waals surface area contributed by atoms with E-state index in [0.717, 1.165) is 27.8 Å². The second kappa shape index (κ2) is 15.4. The maximum atomic E-state index is 13.1. The Hall–Kier alpha value is -7.34. The van der Waals surface area contributed by atoms with Gasteiger partial charge in [0, 0.05) is 45.5 Å². The van der Waals surface area contributed by atoms with Crippen LogP contribution in [0.5, 0.6) is 40.2 Å². The van der Waals surface area contributed by atoms with Gasteiger partial charge >= 0.3 is 18.1 Å². The van der Waals surface area contributed by atoms with Crippen molar-refractivity contribution in [2.24, 2.45) is 0 Å². The number of hydrogen-bond donors (Lipinski definition) is 2. The predicted molar refractivity (Wildman–Crippen MR) is 223 cm³/mol. The van der Waals surface area contributed by atoms with Gasteiger partial charge in [-0.1, -0.05) is 57.2 Å². The van der Waals surface area contributed by atoms with Gasteiger partial charge in [-0.3, -0.25) is 4.79 Å². The number of aromatic hydroxyl groups is 2. The zero-order valence-corrected chi connectivity index (χ0v) is 34.4. The van der Waals surface area contributed by atoms with Gasteiger partial charge in [-0.25, -0.2) is 9.59 Å². The molecule has 0 saturated carbocycles. The highest BCUT2D eigenvalue weighted by atomic mass is 32.1. The van der Waals surface area contributed by atoms with Crippen LogP contribution in [0.3, 0.4) is 0 Å². The van der Waals surface area contributed by atoms with Gasteiger partial charge in [0.25, 0.3) is 6.47 Å². The van der Waals surface area contributed by atoms with Crippen molar-refractivity contribution in [3.8, 4) is 40.2 Å². The number of carbonyl (C=O) groups excluding carboxylic acids is 5. The van der Waals surface area contributed by atoms with Crippen LogP contribution >= 0.6 is 13.5 Å². The van der Waals surface area contributed by atoms with E-state index >= 15 is 0 Å². The van der Waals surface area contributed by atoms with E-state index in [0.29, 0.717) is 62.9 Å². The smallest absolute Gasteiger partial charge is 0.373 e. The van der Waals surface area contributed by atoms with Crippen LogP contribution in [0.25, 0.3) is 0 Å². The summed E-state index contributed by atoms with van der Waals surface area (Å²) in [5.41, 5.74) is 5.82. The molecule has 0 aliphatic carbocycles. The summed E-state index contributed by atoms with van der Waals surface area (Å²) in [5, 5.41) is 19.9. The first-order valence-electron chi connectivity index (χ1n) is 18.8. The molecule has 2 unspecified atom stereocenters. The third kappa shape index (κ3) is 6.73. The van der Waals surface area contributed by atoms with Crippen molar-refractivity contribution in [1.29, 1.82) is 0 Å². The summed E-state index contributed by atoms with van der Waals surface area (Å²) >= 11 is 0. The lowest BCUT2D eigenvalue weighted by Gasteiger charge is -2.36. The molecule has 2 atom stereocenters. The number of phenols is 2. The Labute approximate surface area is 356 Å². The highest BCUT2D eigenvalue weighted by Crippen LogP contribution is 2.58. The van der Waals surface area contributed by atoms with Crippen molar-refractivity contribution < 1.29 is 57.9 Å². The van der Waals surface area contributed by atoms with E-state index in [9.17, 15) is 24.6 Å². The maximum absolute atomic E-state index is 13.1. The first-order chi connectivity index (χ1) is 28.6. The molecule has 2 N–H and O–H groups in total. The molecule has 12 nitrogen and oxygen atoms in total. The molecule has 4 aliphatic rings. The van der Waals surface area contributed by atoms with Crippen LogP contribution in [0, 0.1) is 13.8 Å². The Morgan fingerprint density at radius 1 is 0.574 bits per heavy atom. The van der Waals surface area contributed by atoms with Gasteiger partial charge in [-0.15, -0.1) is 0 Å². The molecule has 6 aromatic carbocycles. The van der Waals surface area contributed by atoms with Crippen molar-refractivity contribution in [2.75, 3.05) is 0 Å². The van der Waals surface area contributed by atoms with Crippen LogP contribution in [-0.4, -0.2) is 34.8 Å². The minimum Gasteiger partial charge on any atom is -0.508 e. The number of ether oxygens (including phenoxy) is 5. The molecule has 0 fully saturated rings. The quantitative estimate of drug-likeness (QED) is 0.126. The lowest BCUT2D eigenvalue weighted by Crippen LogP contribution is -2.33. The van der Waals surface area contributed by atoms with E-state index in [4.69, 9.17) is 33.3 Å². The fourth-order valence-corrected chi connectivity index (χ4v) is 8.22. The van der Waals surface area contributed by atoms with Crippen LogP contribution in [-0.2, 0) is 40.5 Å². The van der Waals surface area contributed by atoms with Gasteiger partial charge in [-0.05, 0) is 96.6 Å². The Balaban J connectivity index is 0.000000170. The lowest BCUT2D eigenvalue weighted by molar-refractivity contribution is -0.191. The molecular weight excluding hydrogens is 801 g/mol. The molecule has 10 rings (SSSR count). The number of rotatable bonds is 2. The van der Waals surface area contributed by atoms with Crippen LogP contribution in [0.1, 0.15) is 91.6 Å². The maximum Gasteiger partial charge on any atom is 0.373 e. The standard InChI is InChI=1S/C25H22O4.C22H14O6.CO2.H2S/c1-14-5-8-19-21(11-14)28-22-13-16(26)7-10-20(22)25(19)18-9-6-15(24(2,3)4)12-17(18)23(27)29-25;1-12-2-5-17-19(8-12)27-20-9-13(24)3-6-18(20)22(17)16-7-4-14(26-11-23)10-15(16)21(25)28-22;2-1-3;/h5-13,26H,1-4H3;2-11,24H,1H3;;1H2. The molecule has 2 spiro atoms. The highest BCUT2D eigenvalue weighted by Gasteiger charge is 2.55. The average molecular weight is 839 g/mol. The molecule has 308 valence electrons. The van der Waals surface area contributed by atoms with Gasteiger partial charge in [0.2, 0.25) is 0 Å². The normalized spacial score (nSPS) is 17.8. The molecule has 6 aromatic rings. The Bertz CT molecular complexity index is 2730. The zero-order chi connectivity index (χ0) is 42.7. The SMILES string of the molecule is Cc1ccc2c(c1)Oc1cc(O)ccc1C21OC(=O)c2cc(C(C)(C)C)ccc21.Cc1ccc2c(c1)Oc1cc(O)ccc1C21OC(=O)c2cc(OC=O)ccc21.O=C=O.S. The van der Waals surface area contributed by atoms with Crippen molar-refractivity contribution in [3.05, 3.63) is 170 Å². The number of fused-ring (bicyclic) bond motifs is 12. The lowest BCUT2D eigenvalue weighted by atomic mass is 9.76. The third-order valence-electron chi connectivity index (χ3n) is 10.9. The molecule has 0 amide bonds. The monoisotopic (exact) mass is 838 g/mol. The predicted octanol–water partition coefficient (Wildman–Crippen LogP) is 8.90. The summed E-state index contributed by atoms with van der Waals surface area (Å²) in [7, 11) is 0. The third-order valence-corrected chi connectivity index (χ3v) is 10.9. The van der Waals surface area contributed by atoms with Crippen LogP contribution in [0.15, 0.2) is 109 Å². The number of aryl methyl sites for hydroxylation is 2. The molecule has 4 aliphatic heterocycles. The van der Waals surface area contributed by atoms with Gasteiger partial charge in [0.1, 0.15) is 40.2 Å². The highest BCUT2D eigenvalue weighted by molar-refractivity contribution is 7.59. The number of phenolic OH excluding ortho intramolecular Hbond substituents is 2. The van der Waals surface area contributed by atoms with Crippen LogP contribution < -0.4 is 14.2 Å². The van der Waals surface area contributed by atoms with Crippen LogP contribution in [0.4, 0.5) is 0 Å². The first-order valence-corrected chi connectivity index (χ1v) is 18.8. The largest absolute Gasteiger partial charge is 0.508 e. The van der Waals surface area contributed by atoms with Gasteiger partial charge in [0.15, 0.2) is 11.2 Å². The Morgan fingerprint density at radius 2 is 0.967 bits per heavy atom. The summed E-state index contributed by atoms with van der Waals surface area (Å²) in [4.78, 5) is 52.8. The summed E-state index contributed by atoms with van der Waals surface area (Å²) in [6, 6.07) is 32.0. The fourth-order valence-electron chi connectivity index (χ4n) is 8.22. The number of benzene rings is 6. The summed E-state index contributed by atoms with van der Waals surface area (Å²) < 4.78 is 29.1. The number of esters is 2. The topological polar surface area (TPSA) is 172 Å². The molecule has 0 saturated heterocycles. The van der Waals surface area contributed by atoms with E-state index in [-0.39, 0.29) is 48.3 Å². The minimum atomic E-state index is -1.21. The van der Waals surface area contributed by atoms with E-state index in [1.54, 1.807) is 36.4 Å². The average Bonchev–Trinajstić information content (AvgIpc) is 3.65. The van der Waals surface area contributed by atoms with Gasteiger partial charge in [-0.2, -0.15) is 23.1 Å². The number of hydrogen-bond acceptors (Lipinski definition) is 12. The zero-order valence-electron chi connectivity index (χ0n) is 33.4. The second-order valence-electron chi connectivity index (χ2n) is 15.7. The minimum absolute atomic E-state index is 0. The summed E-state index contributed by atoms with van der Waals surface area (Å²) in [6.07, 6.45) is 0.250. The molecule has 0 bridgehead atoms. The summed E-state index contributed by atoms with van der Waals surface area (Å²) in [6.45, 7) is 10.6. The van der Waals surface area contributed by atoms with Crippen molar-refractivity contribution in [1.82, 2.24) is 0 Å². The van der Waals surface area contributed by atoms with E-state index in [2.05, 4.69) is 26.8 Å². The summed E-state index contributed by atoms with van der Waals surface area (Å²) in [5.74, 6) is 1.60. The molecule has 13 heteroatoms. The number of carbonyl (C=O) groups is 3. The molecule has 0 aromatic heterocycles. The van der Waals surface area contributed by atoms with Crippen molar-refractivity contribution in [2.45, 2.75) is 51.2 Å².